The molecule has 0 bridgehead atoms. The molecule has 0 unspecified atom stereocenters. The van der Waals surface area contributed by atoms with E-state index in [1.54, 1.807) is 109 Å². The number of carbonyl (C=O) groups excluding carboxylic acids is 7. The summed E-state index contributed by atoms with van der Waals surface area (Å²) in [7, 11) is 0. The Morgan fingerprint density at radius 1 is 0.321 bits per heavy atom. The molecule has 0 aromatic heterocycles. The zero-order chi connectivity index (χ0) is 73.6. The van der Waals surface area contributed by atoms with Crippen LogP contribution in [0.5, 0.6) is 0 Å². The van der Waals surface area contributed by atoms with E-state index in [2.05, 4.69) is 5.32 Å². The number of esters is 6. The van der Waals surface area contributed by atoms with Gasteiger partial charge in [-0.05, 0) is 89.5 Å². The first-order valence-electron chi connectivity index (χ1n) is 34.4. The van der Waals surface area contributed by atoms with Gasteiger partial charge in [-0.3, -0.25) is 4.79 Å². The highest BCUT2D eigenvalue weighted by atomic mass is 16.8. The van der Waals surface area contributed by atoms with Gasteiger partial charge < -0.3 is 76.7 Å². The Bertz CT molecular complexity index is 4290. The average Bonchev–Trinajstić information content (AvgIpc) is 0.759. The topological polar surface area (TPSA) is 281 Å². The lowest BCUT2D eigenvalue weighted by molar-refractivity contribution is -0.369. The Hall–Kier alpha value is -11.1. The Morgan fingerprint density at radius 2 is 0.642 bits per heavy atom. The van der Waals surface area contributed by atoms with Crippen LogP contribution in [0.4, 0.5) is 0 Å². The minimum atomic E-state index is -2.14. The minimum absolute atomic E-state index is 0.00618. The summed E-state index contributed by atoms with van der Waals surface area (Å²) in [4.78, 5) is 102. The van der Waals surface area contributed by atoms with Gasteiger partial charge in [-0.15, -0.1) is 0 Å². The second kappa shape index (κ2) is 37.1. The number of rotatable bonds is 29. The summed E-state index contributed by atoms with van der Waals surface area (Å²) in [5, 5.41) is 15.3. The van der Waals surface area contributed by atoms with Gasteiger partial charge in [-0.2, -0.15) is 0 Å². The fraction of sp³-hybridized carbons (Fsp3) is 0.265. The number of hydrogen-bond acceptors (Lipinski definition) is 22. The first kappa shape index (κ1) is 74.6. The monoisotopic (exact) mass is 1440 g/mol. The standard InChI is InChI=1S/C83H77NO22/c1-53(85)84-66-70(102-78(89)60-41-23-8-24-42-60)68(105-83-74(104-80(91)62-45-27-10-28-46-62)72(103-79(90)61-43-25-9-26-44-61)69(101-77(88)59-39-21-7-22-40-59)65(100-83)52-97-76(87)58-37-19-6-20-38-58)64(51-96-75(86)57-35-17-5-18-36-57)99-82(66)106-71-67(94-48-55-31-13-3-14-32-55)63(50-93-47-54-29-11-2-12-30-54)98-81(92)73(71)95-49-56-33-15-4-16-34-56/h2-46,63-74,81-83,92H,47-52H2,1H3,(H,84,85)/t63-,64-,65-,66-,67+,68-,69+,70-,71+,72+,73-,74-,81-,82+,83+/m1/s1. The van der Waals surface area contributed by atoms with Gasteiger partial charge in [0.05, 0.1) is 59.8 Å². The van der Waals surface area contributed by atoms with E-state index in [0.29, 0.717) is 5.56 Å². The van der Waals surface area contributed by atoms with E-state index < -0.39 is 147 Å². The van der Waals surface area contributed by atoms with Crippen molar-refractivity contribution in [1.82, 2.24) is 5.32 Å². The summed E-state index contributed by atoms with van der Waals surface area (Å²) in [6.07, 6.45) is -24.4. The van der Waals surface area contributed by atoms with Crippen molar-refractivity contribution in [2.75, 3.05) is 19.8 Å². The van der Waals surface area contributed by atoms with E-state index in [1.807, 2.05) is 91.0 Å². The Balaban J connectivity index is 1.01. The number of aliphatic hydroxyl groups excluding tert-OH is 1. The van der Waals surface area contributed by atoms with Crippen molar-refractivity contribution < 1.29 is 105 Å². The predicted molar refractivity (Wildman–Crippen MR) is 378 cm³/mol. The van der Waals surface area contributed by atoms with Gasteiger partial charge in [-0.1, -0.05) is 200 Å². The SMILES string of the molecule is CC(=O)N[C@H]1[C@H](O[C@@H]2[C@@H](OCc3ccccc3)[C@H](O)O[C@H](COCc3ccccc3)[C@@H]2OCc2ccccc2)O[C@H](COC(=O)c2ccccc2)[C@@H](O[C@@H]2O[C@H](COC(=O)c3ccccc3)[C@H](OC(=O)c3ccccc3)[C@H](OC(=O)c3ccccc3)[C@H]2OC(=O)c2ccccc2)[C@@H]1OC(=O)c1ccccc1. The lowest BCUT2D eigenvalue weighted by atomic mass is 9.93. The van der Waals surface area contributed by atoms with Crippen LogP contribution in [-0.4, -0.2) is 159 Å². The van der Waals surface area contributed by atoms with Crippen LogP contribution in [-0.2, 0) is 90.9 Å². The lowest BCUT2D eigenvalue weighted by Gasteiger charge is -2.51. The number of amides is 1. The van der Waals surface area contributed by atoms with Crippen molar-refractivity contribution in [3.05, 3.63) is 323 Å². The van der Waals surface area contributed by atoms with E-state index in [9.17, 15) is 33.9 Å². The van der Waals surface area contributed by atoms with Gasteiger partial charge in [0.1, 0.15) is 62.0 Å². The predicted octanol–water partition coefficient (Wildman–Crippen LogP) is 10.4. The first-order valence-corrected chi connectivity index (χ1v) is 34.4. The molecule has 106 heavy (non-hydrogen) atoms. The van der Waals surface area contributed by atoms with Crippen LogP contribution >= 0.6 is 0 Å². The Morgan fingerprint density at radius 3 is 1.06 bits per heavy atom. The summed E-state index contributed by atoms with van der Waals surface area (Å²) >= 11 is 0. The average molecular weight is 1440 g/mol. The van der Waals surface area contributed by atoms with E-state index in [1.165, 1.54) is 79.7 Å². The second-order valence-corrected chi connectivity index (χ2v) is 25.0. The van der Waals surface area contributed by atoms with Crippen molar-refractivity contribution in [2.24, 2.45) is 0 Å². The molecule has 3 aliphatic heterocycles. The highest BCUT2D eigenvalue weighted by Gasteiger charge is 2.59. The number of aliphatic hydroxyl groups is 1. The highest BCUT2D eigenvalue weighted by Crippen LogP contribution is 2.39. The molecule has 3 fully saturated rings. The van der Waals surface area contributed by atoms with Gasteiger partial charge in [0.15, 0.2) is 43.3 Å². The van der Waals surface area contributed by atoms with Crippen LogP contribution in [0, 0.1) is 0 Å². The summed E-state index contributed by atoms with van der Waals surface area (Å²) in [6.45, 7) is -0.664. The summed E-state index contributed by atoms with van der Waals surface area (Å²) in [6, 6.07) is 72.7. The van der Waals surface area contributed by atoms with Crippen LogP contribution in [0.25, 0.3) is 0 Å². The molecule has 12 rings (SSSR count). The molecular formula is C83H77NO22. The largest absolute Gasteiger partial charge is 0.459 e. The molecule has 9 aromatic carbocycles. The summed E-state index contributed by atoms with van der Waals surface area (Å²) in [5.74, 6) is -6.56. The van der Waals surface area contributed by atoms with Crippen LogP contribution in [0.15, 0.2) is 273 Å². The number of carbonyl (C=O) groups is 7. The molecule has 2 N–H and O–H groups in total. The zero-order valence-corrected chi connectivity index (χ0v) is 57.4. The normalized spacial score (nSPS) is 24.0. The maximum atomic E-state index is 15.2. The fourth-order valence-corrected chi connectivity index (χ4v) is 12.3. The lowest BCUT2D eigenvalue weighted by Crippen LogP contribution is -2.70. The number of ether oxygens (including phenoxy) is 14. The van der Waals surface area contributed by atoms with Crippen LogP contribution < -0.4 is 5.32 Å². The quantitative estimate of drug-likeness (QED) is 0.0325. The van der Waals surface area contributed by atoms with E-state index in [-0.39, 0.29) is 59.8 Å². The van der Waals surface area contributed by atoms with Crippen LogP contribution in [0.1, 0.15) is 85.8 Å². The fourth-order valence-electron chi connectivity index (χ4n) is 12.3. The van der Waals surface area contributed by atoms with Crippen molar-refractivity contribution in [3.63, 3.8) is 0 Å². The molecule has 0 aliphatic carbocycles. The van der Waals surface area contributed by atoms with Crippen molar-refractivity contribution >= 4 is 41.7 Å². The van der Waals surface area contributed by atoms with Gasteiger partial charge in [0.2, 0.25) is 5.91 Å². The molecular weight excluding hydrogens is 1360 g/mol. The Kier molecular flexibility index (Phi) is 26.1. The third-order valence-corrected chi connectivity index (χ3v) is 17.6. The zero-order valence-electron chi connectivity index (χ0n) is 57.4. The van der Waals surface area contributed by atoms with Gasteiger partial charge in [-0.25, -0.2) is 28.8 Å². The van der Waals surface area contributed by atoms with E-state index >= 15 is 4.79 Å². The number of hydrogen-bond donors (Lipinski definition) is 2. The van der Waals surface area contributed by atoms with Crippen molar-refractivity contribution in [1.29, 1.82) is 0 Å². The molecule has 0 radical (unpaired) electrons. The number of benzene rings is 9. The molecule has 9 aromatic rings. The molecule has 23 heteroatoms. The van der Waals surface area contributed by atoms with E-state index in [4.69, 9.17) is 66.3 Å². The summed E-state index contributed by atoms with van der Waals surface area (Å²) < 4.78 is 92.9. The molecule has 3 aliphatic rings. The van der Waals surface area contributed by atoms with E-state index in [0.717, 1.165) is 11.1 Å². The number of nitrogens with one attached hydrogen (secondary N) is 1. The molecule has 15 atom stereocenters. The maximum absolute atomic E-state index is 15.2. The summed E-state index contributed by atoms with van der Waals surface area (Å²) in [5.41, 5.74) is 2.41. The molecule has 23 nitrogen and oxygen atoms in total. The Labute approximate surface area is 611 Å². The minimum Gasteiger partial charge on any atom is -0.459 e. The third kappa shape index (κ3) is 19.8. The molecule has 3 heterocycles. The molecule has 546 valence electrons. The molecule has 0 spiro atoms. The molecule has 1 amide bonds. The maximum Gasteiger partial charge on any atom is 0.338 e. The third-order valence-electron chi connectivity index (χ3n) is 17.6. The van der Waals surface area contributed by atoms with Gasteiger partial charge in [0.25, 0.3) is 0 Å². The highest BCUT2D eigenvalue weighted by molar-refractivity contribution is 5.92. The van der Waals surface area contributed by atoms with Gasteiger partial charge in [0, 0.05) is 6.92 Å². The van der Waals surface area contributed by atoms with Crippen LogP contribution in [0.2, 0.25) is 0 Å². The second-order valence-electron chi connectivity index (χ2n) is 25.0. The van der Waals surface area contributed by atoms with Crippen molar-refractivity contribution in [3.8, 4) is 0 Å². The van der Waals surface area contributed by atoms with Crippen molar-refractivity contribution in [2.45, 2.75) is 119 Å². The molecule has 3 saturated heterocycles. The molecule has 0 saturated carbocycles. The van der Waals surface area contributed by atoms with Gasteiger partial charge >= 0.3 is 35.8 Å². The first-order chi connectivity index (χ1) is 51.8. The van der Waals surface area contributed by atoms with Crippen LogP contribution in [0.3, 0.4) is 0 Å². The smallest absolute Gasteiger partial charge is 0.338 e.